The number of rotatable bonds is 2. The lowest BCUT2D eigenvalue weighted by molar-refractivity contribution is -0.119. The van der Waals surface area contributed by atoms with Gasteiger partial charge in [-0.2, -0.15) is 0 Å². The first-order valence-electron chi connectivity index (χ1n) is 4.81. The van der Waals surface area contributed by atoms with E-state index in [1.165, 1.54) is 12.1 Å². The fourth-order valence-electron chi connectivity index (χ4n) is 1.79. The quantitative estimate of drug-likeness (QED) is 0.798. The molecule has 1 fully saturated rings. The van der Waals surface area contributed by atoms with Gasteiger partial charge in [0.15, 0.2) is 0 Å². The third kappa shape index (κ3) is 2.14. The number of amides is 1. The SMILES string of the molecule is O=C1CC(c2cccc(C(F)F)c2)CN1. The first-order chi connectivity index (χ1) is 7.16. The van der Waals surface area contributed by atoms with E-state index in [0.717, 1.165) is 5.56 Å². The highest BCUT2D eigenvalue weighted by Crippen LogP contribution is 2.27. The van der Waals surface area contributed by atoms with Gasteiger partial charge in [-0.15, -0.1) is 0 Å². The fourth-order valence-corrected chi connectivity index (χ4v) is 1.79. The maximum Gasteiger partial charge on any atom is 0.263 e. The Morgan fingerprint density at radius 3 is 2.80 bits per heavy atom. The Kier molecular flexibility index (Phi) is 2.66. The molecule has 1 unspecified atom stereocenters. The summed E-state index contributed by atoms with van der Waals surface area (Å²) >= 11 is 0. The molecule has 1 aromatic rings. The third-order valence-electron chi connectivity index (χ3n) is 2.61. The lowest BCUT2D eigenvalue weighted by Crippen LogP contribution is -2.13. The molecule has 0 aromatic heterocycles. The minimum atomic E-state index is -2.45. The van der Waals surface area contributed by atoms with Crippen molar-refractivity contribution in [2.75, 3.05) is 6.54 Å². The molecule has 0 saturated carbocycles. The lowest BCUT2D eigenvalue weighted by Gasteiger charge is -2.09. The molecule has 1 amide bonds. The molecule has 1 N–H and O–H groups in total. The van der Waals surface area contributed by atoms with Crippen molar-refractivity contribution < 1.29 is 13.6 Å². The second-order valence-electron chi connectivity index (χ2n) is 3.68. The van der Waals surface area contributed by atoms with Gasteiger partial charge in [0.2, 0.25) is 5.91 Å². The van der Waals surface area contributed by atoms with Gasteiger partial charge < -0.3 is 5.32 Å². The van der Waals surface area contributed by atoms with Gasteiger partial charge >= 0.3 is 0 Å². The molecule has 1 saturated heterocycles. The molecule has 1 heterocycles. The Hall–Kier alpha value is -1.45. The molecule has 1 aromatic carbocycles. The number of hydrogen-bond acceptors (Lipinski definition) is 1. The van der Waals surface area contributed by atoms with E-state index in [9.17, 15) is 13.6 Å². The van der Waals surface area contributed by atoms with Crippen molar-refractivity contribution in [1.82, 2.24) is 5.32 Å². The number of halogens is 2. The molecule has 1 aliphatic rings. The van der Waals surface area contributed by atoms with Crippen LogP contribution in [-0.2, 0) is 4.79 Å². The summed E-state index contributed by atoms with van der Waals surface area (Å²) < 4.78 is 24.9. The van der Waals surface area contributed by atoms with E-state index in [1.807, 2.05) is 0 Å². The minimum Gasteiger partial charge on any atom is -0.355 e. The molecule has 0 spiro atoms. The number of nitrogens with one attached hydrogen (secondary N) is 1. The molecule has 0 bridgehead atoms. The molecule has 1 atom stereocenters. The Balaban J connectivity index is 2.21. The molecule has 80 valence electrons. The number of benzene rings is 1. The molecular weight excluding hydrogens is 200 g/mol. The largest absolute Gasteiger partial charge is 0.355 e. The average molecular weight is 211 g/mol. The first-order valence-corrected chi connectivity index (χ1v) is 4.81. The van der Waals surface area contributed by atoms with Gasteiger partial charge in [-0.3, -0.25) is 4.79 Å². The fraction of sp³-hybridized carbons (Fsp3) is 0.364. The van der Waals surface area contributed by atoms with Crippen LogP contribution in [0.1, 0.15) is 29.9 Å². The second kappa shape index (κ2) is 3.96. The van der Waals surface area contributed by atoms with Gasteiger partial charge in [0, 0.05) is 24.4 Å². The van der Waals surface area contributed by atoms with Gasteiger partial charge in [-0.1, -0.05) is 18.2 Å². The Bertz CT molecular complexity index is 379. The standard InChI is InChI=1S/C11H11F2NO/c12-11(13)8-3-1-2-7(4-8)9-5-10(15)14-6-9/h1-4,9,11H,5-6H2,(H,14,15). The van der Waals surface area contributed by atoms with Gasteiger partial charge in [-0.25, -0.2) is 8.78 Å². The summed E-state index contributed by atoms with van der Waals surface area (Å²) in [5.74, 6) is 0.0265. The van der Waals surface area contributed by atoms with E-state index in [1.54, 1.807) is 12.1 Å². The van der Waals surface area contributed by atoms with Gasteiger partial charge in [0.05, 0.1) is 0 Å². The number of carbonyl (C=O) groups excluding carboxylic acids is 1. The van der Waals surface area contributed by atoms with Crippen LogP contribution in [0.4, 0.5) is 8.78 Å². The molecule has 15 heavy (non-hydrogen) atoms. The van der Waals surface area contributed by atoms with Gasteiger partial charge in [-0.05, 0) is 11.6 Å². The maximum atomic E-state index is 12.4. The summed E-state index contributed by atoms with van der Waals surface area (Å²) in [5.41, 5.74) is 0.831. The molecule has 2 rings (SSSR count). The van der Waals surface area contributed by atoms with Crippen LogP contribution in [0.15, 0.2) is 24.3 Å². The van der Waals surface area contributed by atoms with E-state index in [-0.39, 0.29) is 17.4 Å². The Labute approximate surface area is 86.3 Å². The highest BCUT2D eigenvalue weighted by molar-refractivity contribution is 5.79. The monoisotopic (exact) mass is 211 g/mol. The molecule has 0 aliphatic carbocycles. The number of hydrogen-bond donors (Lipinski definition) is 1. The van der Waals surface area contributed by atoms with Crippen LogP contribution >= 0.6 is 0 Å². The summed E-state index contributed by atoms with van der Waals surface area (Å²) in [6, 6.07) is 6.28. The van der Waals surface area contributed by atoms with Gasteiger partial charge in [0.1, 0.15) is 0 Å². The molecule has 0 radical (unpaired) electrons. The first kappa shape index (κ1) is 10.1. The maximum absolute atomic E-state index is 12.4. The summed E-state index contributed by atoms with van der Waals surface area (Å²) in [5, 5.41) is 2.69. The highest BCUT2D eigenvalue weighted by atomic mass is 19.3. The number of carbonyl (C=O) groups is 1. The predicted octanol–water partition coefficient (Wildman–Crippen LogP) is 2.23. The Morgan fingerprint density at radius 2 is 2.20 bits per heavy atom. The van der Waals surface area contributed by atoms with Crippen molar-refractivity contribution in [3.63, 3.8) is 0 Å². The van der Waals surface area contributed by atoms with E-state index in [0.29, 0.717) is 13.0 Å². The third-order valence-corrected chi connectivity index (χ3v) is 2.61. The zero-order valence-corrected chi connectivity index (χ0v) is 8.04. The van der Waals surface area contributed by atoms with Crippen molar-refractivity contribution in [3.8, 4) is 0 Å². The van der Waals surface area contributed by atoms with Crippen molar-refractivity contribution >= 4 is 5.91 Å². The number of alkyl halides is 2. The van der Waals surface area contributed by atoms with Crippen LogP contribution < -0.4 is 5.32 Å². The van der Waals surface area contributed by atoms with E-state index < -0.39 is 6.43 Å². The van der Waals surface area contributed by atoms with E-state index >= 15 is 0 Å². The predicted molar refractivity (Wildman–Crippen MR) is 51.8 cm³/mol. The van der Waals surface area contributed by atoms with Gasteiger partial charge in [0.25, 0.3) is 6.43 Å². The van der Waals surface area contributed by atoms with Crippen LogP contribution in [0.3, 0.4) is 0 Å². The van der Waals surface area contributed by atoms with Crippen molar-refractivity contribution in [3.05, 3.63) is 35.4 Å². The zero-order valence-electron chi connectivity index (χ0n) is 8.04. The van der Waals surface area contributed by atoms with Crippen LogP contribution in [0, 0.1) is 0 Å². The van der Waals surface area contributed by atoms with Crippen LogP contribution in [0.2, 0.25) is 0 Å². The lowest BCUT2D eigenvalue weighted by atomic mass is 9.96. The van der Waals surface area contributed by atoms with Crippen LogP contribution in [-0.4, -0.2) is 12.5 Å². The molecular formula is C11H11F2NO. The molecule has 1 aliphatic heterocycles. The van der Waals surface area contributed by atoms with Crippen molar-refractivity contribution in [1.29, 1.82) is 0 Å². The molecule has 2 nitrogen and oxygen atoms in total. The smallest absolute Gasteiger partial charge is 0.263 e. The Morgan fingerprint density at radius 1 is 1.40 bits per heavy atom. The summed E-state index contributed by atoms with van der Waals surface area (Å²) in [7, 11) is 0. The average Bonchev–Trinajstić information content (AvgIpc) is 2.65. The summed E-state index contributed by atoms with van der Waals surface area (Å²) in [4.78, 5) is 11.0. The van der Waals surface area contributed by atoms with Crippen molar-refractivity contribution in [2.45, 2.75) is 18.8 Å². The van der Waals surface area contributed by atoms with Crippen molar-refractivity contribution in [2.24, 2.45) is 0 Å². The van der Waals surface area contributed by atoms with E-state index in [4.69, 9.17) is 0 Å². The normalized spacial score (nSPS) is 20.7. The minimum absolute atomic E-state index is 0.0116. The highest BCUT2D eigenvalue weighted by Gasteiger charge is 2.23. The molecule has 4 heteroatoms. The summed E-state index contributed by atoms with van der Waals surface area (Å²) in [6.45, 7) is 0.547. The van der Waals surface area contributed by atoms with Crippen LogP contribution in [0.5, 0.6) is 0 Å². The topological polar surface area (TPSA) is 29.1 Å². The van der Waals surface area contributed by atoms with Crippen LogP contribution in [0.25, 0.3) is 0 Å². The second-order valence-corrected chi connectivity index (χ2v) is 3.68. The van der Waals surface area contributed by atoms with E-state index in [2.05, 4.69) is 5.32 Å². The summed E-state index contributed by atoms with van der Waals surface area (Å²) in [6.07, 6.45) is -2.05. The zero-order chi connectivity index (χ0) is 10.8.